The highest BCUT2D eigenvalue weighted by Gasteiger charge is 2.15. The number of hydrogen-bond donors (Lipinski definition) is 2. The van der Waals surface area contributed by atoms with Crippen LogP contribution in [-0.2, 0) is 23.1 Å². The second-order valence-electron chi connectivity index (χ2n) is 6.09. The van der Waals surface area contributed by atoms with Crippen molar-refractivity contribution in [3.63, 3.8) is 0 Å². The number of nitrogens with one attached hydrogen (secondary N) is 2. The Labute approximate surface area is 177 Å². The molecule has 7 nitrogen and oxygen atoms in total. The van der Waals surface area contributed by atoms with Crippen molar-refractivity contribution in [3.8, 4) is 0 Å². The average molecular weight is 428 g/mol. The van der Waals surface area contributed by atoms with Gasteiger partial charge >= 0.3 is 0 Å². The largest absolute Gasteiger partial charge is 0.326 e. The fourth-order valence-electron chi connectivity index (χ4n) is 2.56. The molecule has 3 rings (SSSR count). The summed E-state index contributed by atoms with van der Waals surface area (Å²) in [6, 6.07) is 16.9. The van der Waals surface area contributed by atoms with Crippen molar-refractivity contribution >= 4 is 46.7 Å². The van der Waals surface area contributed by atoms with Gasteiger partial charge in [-0.15, -0.1) is 22.0 Å². The lowest BCUT2D eigenvalue weighted by atomic mass is 10.3. The lowest BCUT2D eigenvalue weighted by Gasteiger charge is -2.09. The molecule has 3 aromatic rings. The molecule has 0 fully saturated rings. The van der Waals surface area contributed by atoms with Crippen molar-refractivity contribution in [3.05, 3.63) is 60.4 Å². The molecule has 150 valence electrons. The van der Waals surface area contributed by atoms with E-state index in [1.54, 1.807) is 23.4 Å². The Bertz CT molecular complexity index is 992. The predicted molar refractivity (Wildman–Crippen MR) is 117 cm³/mol. The van der Waals surface area contributed by atoms with Gasteiger partial charge in [-0.3, -0.25) is 9.59 Å². The summed E-state index contributed by atoms with van der Waals surface area (Å²) < 4.78 is 1.73. The molecule has 2 aromatic carbocycles. The number of benzene rings is 2. The lowest BCUT2D eigenvalue weighted by molar-refractivity contribution is -0.116. The Morgan fingerprint density at radius 2 is 1.69 bits per heavy atom. The first-order valence-electron chi connectivity index (χ1n) is 8.85. The van der Waals surface area contributed by atoms with Crippen molar-refractivity contribution in [2.24, 2.45) is 7.05 Å². The number of hydrogen-bond acceptors (Lipinski definition) is 6. The third-order valence-corrected chi connectivity index (χ3v) is 5.83. The molecule has 0 unspecified atom stereocenters. The molecule has 2 N–H and O–H groups in total. The Balaban J connectivity index is 1.54. The van der Waals surface area contributed by atoms with Gasteiger partial charge in [0, 0.05) is 17.6 Å². The molecule has 0 saturated heterocycles. The number of thioether (sulfide) groups is 2. The van der Waals surface area contributed by atoms with Gasteiger partial charge in [0.15, 0.2) is 5.16 Å². The molecule has 2 amide bonds. The summed E-state index contributed by atoms with van der Waals surface area (Å²) in [7, 11) is 1.79. The quantitative estimate of drug-likeness (QED) is 0.535. The van der Waals surface area contributed by atoms with Crippen LogP contribution >= 0.6 is 23.5 Å². The Hall–Kier alpha value is -2.78. The third-order valence-electron chi connectivity index (χ3n) is 4.01. The maximum absolute atomic E-state index is 12.3. The van der Waals surface area contributed by atoms with Crippen LogP contribution in [0.1, 0.15) is 5.82 Å². The van der Waals surface area contributed by atoms with Crippen molar-refractivity contribution in [2.45, 2.75) is 16.5 Å². The second kappa shape index (κ2) is 10.1. The van der Waals surface area contributed by atoms with E-state index in [4.69, 9.17) is 0 Å². The maximum atomic E-state index is 12.3. The summed E-state index contributed by atoms with van der Waals surface area (Å²) >= 11 is 2.86. The Morgan fingerprint density at radius 1 is 0.966 bits per heavy atom. The topological polar surface area (TPSA) is 88.9 Å². The zero-order valence-electron chi connectivity index (χ0n) is 16.1. The predicted octanol–water partition coefficient (Wildman–Crippen LogP) is 3.45. The van der Waals surface area contributed by atoms with Crippen LogP contribution in [0.25, 0.3) is 0 Å². The standard InChI is InChI=1S/C20H21N5O2S2/c1-25-17(12-18(26)21-14-8-4-3-5-9-14)23-24-20(25)29-13-19(27)22-15-10-6-7-11-16(15)28-2/h3-11H,12-13H2,1-2H3,(H,21,26)(H,22,27). The van der Waals surface area contributed by atoms with Gasteiger partial charge in [-0.05, 0) is 30.5 Å². The molecule has 9 heteroatoms. The van der Waals surface area contributed by atoms with Crippen LogP contribution in [0.15, 0.2) is 64.6 Å². The minimum Gasteiger partial charge on any atom is -0.326 e. The van der Waals surface area contributed by atoms with Crippen LogP contribution < -0.4 is 10.6 Å². The van der Waals surface area contributed by atoms with E-state index in [2.05, 4.69) is 20.8 Å². The number of aromatic nitrogens is 3. The Morgan fingerprint density at radius 3 is 2.45 bits per heavy atom. The van der Waals surface area contributed by atoms with Crippen LogP contribution in [0.3, 0.4) is 0 Å². The van der Waals surface area contributed by atoms with Gasteiger partial charge in [0.2, 0.25) is 11.8 Å². The van der Waals surface area contributed by atoms with E-state index in [-0.39, 0.29) is 24.0 Å². The molecule has 0 saturated carbocycles. The van der Waals surface area contributed by atoms with Crippen molar-refractivity contribution < 1.29 is 9.59 Å². The molecular formula is C20H21N5O2S2. The highest BCUT2D eigenvalue weighted by atomic mass is 32.2. The van der Waals surface area contributed by atoms with Crippen molar-refractivity contribution in [1.82, 2.24) is 14.8 Å². The van der Waals surface area contributed by atoms with E-state index in [0.29, 0.717) is 11.0 Å². The summed E-state index contributed by atoms with van der Waals surface area (Å²) in [5.74, 6) is 0.442. The van der Waals surface area contributed by atoms with E-state index < -0.39 is 0 Å². The highest BCUT2D eigenvalue weighted by molar-refractivity contribution is 7.99. The van der Waals surface area contributed by atoms with Gasteiger partial charge in [-0.25, -0.2) is 0 Å². The molecule has 0 radical (unpaired) electrons. The molecule has 0 spiro atoms. The van der Waals surface area contributed by atoms with E-state index in [0.717, 1.165) is 16.3 Å². The molecule has 1 aromatic heterocycles. The normalized spacial score (nSPS) is 10.6. The average Bonchev–Trinajstić information content (AvgIpc) is 3.07. The molecule has 0 aliphatic heterocycles. The summed E-state index contributed by atoms with van der Waals surface area (Å²) in [4.78, 5) is 25.5. The number of rotatable bonds is 8. The Kier molecular flexibility index (Phi) is 7.31. The number of carbonyl (C=O) groups is 2. The zero-order valence-corrected chi connectivity index (χ0v) is 17.7. The zero-order chi connectivity index (χ0) is 20.6. The summed E-state index contributed by atoms with van der Waals surface area (Å²) in [6.45, 7) is 0. The second-order valence-corrected chi connectivity index (χ2v) is 7.88. The van der Waals surface area contributed by atoms with Gasteiger partial charge in [0.1, 0.15) is 5.82 Å². The van der Waals surface area contributed by atoms with Gasteiger partial charge in [0.25, 0.3) is 0 Å². The highest BCUT2D eigenvalue weighted by Crippen LogP contribution is 2.25. The van der Waals surface area contributed by atoms with Gasteiger partial charge in [-0.1, -0.05) is 42.1 Å². The molecule has 1 heterocycles. The number of anilines is 2. The number of amides is 2. The van der Waals surface area contributed by atoms with E-state index in [9.17, 15) is 9.59 Å². The van der Waals surface area contributed by atoms with E-state index >= 15 is 0 Å². The van der Waals surface area contributed by atoms with E-state index in [1.807, 2.05) is 60.9 Å². The minimum absolute atomic E-state index is 0.103. The molecule has 29 heavy (non-hydrogen) atoms. The SMILES string of the molecule is CSc1ccccc1NC(=O)CSc1nnc(CC(=O)Nc2ccccc2)n1C. The smallest absolute Gasteiger partial charge is 0.234 e. The first kappa shape index (κ1) is 20.9. The third kappa shape index (κ3) is 5.85. The fraction of sp³-hybridized carbons (Fsp3) is 0.200. The van der Waals surface area contributed by atoms with Crippen LogP contribution in [-0.4, -0.2) is 38.6 Å². The van der Waals surface area contributed by atoms with Gasteiger partial charge in [0.05, 0.1) is 17.9 Å². The molecule has 0 aliphatic rings. The minimum atomic E-state index is -0.172. The number of nitrogens with zero attached hydrogens (tertiary/aromatic N) is 3. The summed E-state index contributed by atoms with van der Waals surface area (Å²) in [5, 5.41) is 14.5. The first-order chi connectivity index (χ1) is 14.1. The summed E-state index contributed by atoms with van der Waals surface area (Å²) in [5.41, 5.74) is 1.53. The molecule has 0 aliphatic carbocycles. The molecular weight excluding hydrogens is 406 g/mol. The first-order valence-corrected chi connectivity index (χ1v) is 11.1. The van der Waals surface area contributed by atoms with Crippen LogP contribution in [0, 0.1) is 0 Å². The summed E-state index contributed by atoms with van der Waals surface area (Å²) in [6.07, 6.45) is 2.07. The molecule has 0 atom stereocenters. The number of para-hydroxylation sites is 2. The van der Waals surface area contributed by atoms with E-state index in [1.165, 1.54) is 11.8 Å². The lowest BCUT2D eigenvalue weighted by Crippen LogP contribution is -2.17. The monoisotopic (exact) mass is 427 g/mol. The number of carbonyl (C=O) groups excluding carboxylic acids is 2. The van der Waals surface area contributed by atoms with Gasteiger partial charge < -0.3 is 15.2 Å². The fourth-order valence-corrected chi connectivity index (χ4v) is 3.84. The van der Waals surface area contributed by atoms with Crippen LogP contribution in [0.4, 0.5) is 11.4 Å². The van der Waals surface area contributed by atoms with Crippen molar-refractivity contribution in [2.75, 3.05) is 22.6 Å². The van der Waals surface area contributed by atoms with Crippen molar-refractivity contribution in [1.29, 1.82) is 0 Å². The van der Waals surface area contributed by atoms with Crippen LogP contribution in [0.5, 0.6) is 0 Å². The maximum Gasteiger partial charge on any atom is 0.234 e. The van der Waals surface area contributed by atoms with Gasteiger partial charge in [-0.2, -0.15) is 0 Å². The van der Waals surface area contributed by atoms with Crippen LogP contribution in [0.2, 0.25) is 0 Å². The molecule has 0 bridgehead atoms.